The molecule has 0 saturated carbocycles. The monoisotopic (exact) mass is 791 g/mol. The summed E-state index contributed by atoms with van der Waals surface area (Å²) in [6.07, 6.45) is 1.57. The van der Waals surface area contributed by atoms with E-state index in [0.717, 1.165) is 44.7 Å². The third kappa shape index (κ3) is 7.39. The van der Waals surface area contributed by atoms with Crippen LogP contribution in [-0.4, -0.2) is 76.8 Å². The van der Waals surface area contributed by atoms with E-state index in [1.807, 2.05) is 91.0 Å². The van der Waals surface area contributed by atoms with E-state index in [-0.39, 0.29) is 22.9 Å². The summed E-state index contributed by atoms with van der Waals surface area (Å²) in [6.45, 7) is -3.34. The maximum atomic E-state index is 13.7. The summed E-state index contributed by atoms with van der Waals surface area (Å²) in [6, 6.07) is 28.0. The van der Waals surface area contributed by atoms with E-state index in [1.165, 1.54) is 28.9 Å². The topological polar surface area (TPSA) is 159 Å². The normalized spacial score (nSPS) is 17.3. The van der Waals surface area contributed by atoms with Crippen LogP contribution in [0.1, 0.15) is 22.4 Å². The van der Waals surface area contributed by atoms with E-state index in [4.69, 9.17) is 0 Å². The number of aliphatic carboxylic acids is 1. The number of oxime groups is 1. The molecule has 2 atom stereocenters. The number of nitrogens with one attached hydrogen (secondary N) is 2. The van der Waals surface area contributed by atoms with Crippen molar-refractivity contribution in [1.29, 1.82) is 0 Å². The number of thioether (sulfide) groups is 2. The molecule has 2 aliphatic rings. The van der Waals surface area contributed by atoms with Crippen LogP contribution in [0, 0.1) is 0 Å². The number of nitrogens with zero attached hydrogens (tertiary/aromatic N) is 5. The molecule has 7 rings (SSSR count). The quantitative estimate of drug-likeness (QED) is 0.0406. The number of carboxylic acids is 1. The third-order valence-electron chi connectivity index (χ3n) is 8.37. The molecule has 0 bridgehead atoms. The molecule has 2 amide bonds. The Morgan fingerprint density at radius 3 is 2.19 bits per heavy atom. The number of carbonyl (C=O) groups is 3. The Hall–Kier alpha value is -5.17. The predicted octanol–water partition coefficient (Wildman–Crippen LogP) is 5.87. The number of fused-ring (bicyclic) bond motifs is 1. The number of benzene rings is 3. The van der Waals surface area contributed by atoms with Crippen LogP contribution < -0.4 is 10.6 Å². The molecule has 1 saturated heterocycles. The van der Waals surface area contributed by atoms with Gasteiger partial charge < -0.3 is 20.6 Å². The first kappa shape index (κ1) is 36.2. The highest BCUT2D eigenvalue weighted by atomic mass is 32.2. The van der Waals surface area contributed by atoms with Gasteiger partial charge in [-0.3, -0.25) is 14.5 Å². The Balaban J connectivity index is 1.16. The summed E-state index contributed by atoms with van der Waals surface area (Å²) in [5.41, 5.74) is 1.37. The van der Waals surface area contributed by atoms with Gasteiger partial charge in [0.05, 0.1) is 17.9 Å². The number of rotatable bonds is 14. The second-order valence-electron chi connectivity index (χ2n) is 11.5. The third-order valence-corrected chi connectivity index (χ3v) is 12.0. The summed E-state index contributed by atoms with van der Waals surface area (Å²) in [7, 11) is 0. The Bertz CT molecular complexity index is 2060. The lowest BCUT2D eigenvalue weighted by molar-refractivity contribution is -0.150. The zero-order valence-electron chi connectivity index (χ0n) is 27.2. The first-order chi connectivity index (χ1) is 25.8. The molecule has 3 aromatic carbocycles. The number of hydrogen-bond acceptors (Lipinski definition) is 13. The maximum Gasteiger partial charge on any atom is 0.407 e. The number of halogens is 2. The van der Waals surface area contributed by atoms with Crippen molar-refractivity contribution in [3.63, 3.8) is 0 Å². The Morgan fingerprint density at radius 2 is 1.64 bits per heavy atom. The highest BCUT2D eigenvalue weighted by molar-refractivity contribution is 8.01. The molecule has 0 aliphatic carbocycles. The fourth-order valence-corrected chi connectivity index (χ4v) is 9.68. The average molecular weight is 792 g/mol. The molecule has 5 aromatic rings. The lowest BCUT2D eigenvalue weighted by Crippen LogP contribution is -2.71. The van der Waals surface area contributed by atoms with Crippen LogP contribution in [-0.2, 0) is 24.8 Å². The van der Waals surface area contributed by atoms with Crippen molar-refractivity contribution < 1.29 is 33.1 Å². The fraction of sp³-hybridized carbons (Fsp3) is 0.171. The molecule has 270 valence electrons. The van der Waals surface area contributed by atoms with Crippen molar-refractivity contribution in [3.8, 4) is 0 Å². The van der Waals surface area contributed by atoms with Crippen LogP contribution in [0.4, 0.5) is 13.9 Å². The van der Waals surface area contributed by atoms with Crippen molar-refractivity contribution >= 4 is 75.2 Å². The van der Waals surface area contributed by atoms with Gasteiger partial charge in [-0.15, -0.1) is 23.1 Å². The smallest absolute Gasteiger partial charge is 0.407 e. The van der Waals surface area contributed by atoms with E-state index in [0.29, 0.717) is 15.7 Å². The second-order valence-corrected chi connectivity index (χ2v) is 15.0. The van der Waals surface area contributed by atoms with Crippen molar-refractivity contribution in [1.82, 2.24) is 23.9 Å². The molecule has 12 nitrogen and oxygen atoms in total. The number of carbonyl (C=O) groups excluding carboxylic acids is 2. The van der Waals surface area contributed by atoms with Gasteiger partial charge in [-0.25, -0.2) is 9.78 Å². The predicted molar refractivity (Wildman–Crippen MR) is 199 cm³/mol. The number of carboxylic acid groups (broad SMARTS) is 1. The molecule has 3 N–H and O–H groups in total. The van der Waals surface area contributed by atoms with Crippen LogP contribution >= 0.6 is 46.6 Å². The van der Waals surface area contributed by atoms with Gasteiger partial charge in [0.1, 0.15) is 33.4 Å². The van der Waals surface area contributed by atoms with Crippen LogP contribution in [0.25, 0.3) is 0 Å². The Kier molecular flexibility index (Phi) is 10.8. The van der Waals surface area contributed by atoms with Crippen molar-refractivity contribution in [2.75, 3.05) is 16.8 Å². The number of β-lactam (4-membered cyclic amide) rings is 1. The van der Waals surface area contributed by atoms with Crippen LogP contribution in [0.2, 0.25) is 0 Å². The first-order valence-corrected chi connectivity index (χ1v) is 19.4. The fourth-order valence-electron chi connectivity index (χ4n) is 6.06. The number of alkyl halides is 2. The highest BCUT2D eigenvalue weighted by Gasteiger charge is 2.54. The largest absolute Gasteiger partial charge is 0.477 e. The minimum atomic E-state index is -3.34. The summed E-state index contributed by atoms with van der Waals surface area (Å²) in [5, 5.41) is 21.3. The van der Waals surface area contributed by atoms with E-state index >= 15 is 0 Å². The average Bonchev–Trinajstić information content (AvgIpc) is 3.88. The van der Waals surface area contributed by atoms with Crippen molar-refractivity contribution in [2.24, 2.45) is 5.16 Å². The summed E-state index contributed by atoms with van der Waals surface area (Å²) in [4.78, 5) is 49.3. The zero-order chi connectivity index (χ0) is 37.0. The molecule has 2 aliphatic heterocycles. The van der Waals surface area contributed by atoms with E-state index in [2.05, 4.69) is 34.4 Å². The second kappa shape index (κ2) is 15.8. The van der Waals surface area contributed by atoms with E-state index in [1.54, 1.807) is 6.20 Å². The highest BCUT2D eigenvalue weighted by Crippen LogP contribution is 2.43. The Labute approximate surface area is 317 Å². The molecular weight excluding hydrogens is 765 g/mol. The van der Waals surface area contributed by atoms with Gasteiger partial charge in [0.15, 0.2) is 10.8 Å². The lowest BCUT2D eigenvalue weighted by Gasteiger charge is -2.49. The van der Waals surface area contributed by atoms with Gasteiger partial charge in [0.2, 0.25) is 0 Å². The van der Waals surface area contributed by atoms with Gasteiger partial charge in [0, 0.05) is 16.9 Å². The van der Waals surface area contributed by atoms with Crippen molar-refractivity contribution in [3.05, 3.63) is 136 Å². The SMILES string of the molecule is O=C(O)C1=C(CSc2cnsn2)CS[C@@H]2C(NC(=O)/C(=N/OC(F)F)c3csc(NC(c4ccccc4)(c4ccccc4)c4ccccc4)n3)C(=O)N12. The van der Waals surface area contributed by atoms with Gasteiger partial charge >= 0.3 is 12.6 Å². The molecule has 53 heavy (non-hydrogen) atoms. The number of amides is 2. The zero-order valence-corrected chi connectivity index (χ0v) is 30.4. The van der Waals surface area contributed by atoms with E-state index < -0.39 is 47.1 Å². The molecule has 4 heterocycles. The first-order valence-electron chi connectivity index (χ1n) is 15.8. The van der Waals surface area contributed by atoms with Gasteiger partial charge in [-0.1, -0.05) is 108 Å². The van der Waals surface area contributed by atoms with Gasteiger partial charge in [0.25, 0.3) is 11.8 Å². The standard InChI is InChI=1S/C35H27F2N7O5S4/c36-33(37)49-42-26(29(45)40-27-30(46)44-28(32(47)48)20(18-51-31(27)44)17-50-25-16-38-53-43-25)24-19-52-34(39-24)41-35(21-10-4-1-5-11-21,22-12-6-2-7-13-22)23-14-8-3-9-15-23/h1-16,19,27,31,33H,17-18H2,(H,39,41)(H,40,45)(H,47,48)/b42-26+/t27?,31-/m1/s1. The molecule has 18 heteroatoms. The van der Waals surface area contributed by atoms with Crippen LogP contribution in [0.3, 0.4) is 0 Å². The molecular formula is C35H27F2N7O5S4. The van der Waals surface area contributed by atoms with E-state index in [9.17, 15) is 28.3 Å². The lowest BCUT2D eigenvalue weighted by atomic mass is 9.77. The Morgan fingerprint density at radius 1 is 1.02 bits per heavy atom. The molecule has 1 unspecified atom stereocenters. The number of aromatic nitrogens is 3. The minimum Gasteiger partial charge on any atom is -0.477 e. The van der Waals surface area contributed by atoms with Gasteiger partial charge in [-0.2, -0.15) is 17.5 Å². The van der Waals surface area contributed by atoms with Gasteiger partial charge in [-0.05, 0) is 22.3 Å². The maximum absolute atomic E-state index is 13.7. The van der Waals surface area contributed by atoms with Crippen molar-refractivity contribution in [2.45, 2.75) is 28.6 Å². The molecule has 0 radical (unpaired) electrons. The molecule has 0 spiro atoms. The molecule has 2 aromatic heterocycles. The number of anilines is 1. The summed E-state index contributed by atoms with van der Waals surface area (Å²) >= 11 is 4.71. The summed E-state index contributed by atoms with van der Waals surface area (Å²) in [5.74, 6) is -2.41. The van der Waals surface area contributed by atoms with Crippen LogP contribution in [0.15, 0.2) is 124 Å². The molecule has 1 fully saturated rings. The van der Waals surface area contributed by atoms with Crippen LogP contribution in [0.5, 0.6) is 0 Å². The minimum absolute atomic E-state index is 0.0828. The number of hydrogen-bond donors (Lipinski definition) is 3. The number of thiazole rings is 1. The summed E-state index contributed by atoms with van der Waals surface area (Å²) < 4.78 is 34.6.